The van der Waals surface area contributed by atoms with Gasteiger partial charge in [0.05, 0.1) is 4.47 Å². The molecule has 3 saturated carbocycles. The van der Waals surface area contributed by atoms with Gasteiger partial charge in [-0.1, -0.05) is 0 Å². The van der Waals surface area contributed by atoms with Crippen LogP contribution in [-0.2, 0) is 4.79 Å². The third-order valence-electron chi connectivity index (χ3n) is 5.69. The lowest BCUT2D eigenvalue weighted by Crippen LogP contribution is -2.46. The summed E-state index contributed by atoms with van der Waals surface area (Å²) < 4.78 is 13.8. The maximum Gasteiger partial charge on any atom is 0.217 e. The molecule has 0 unspecified atom stereocenters. The Labute approximate surface area is 139 Å². The molecule has 5 heteroatoms. The van der Waals surface area contributed by atoms with Crippen molar-refractivity contribution in [3.05, 3.63) is 28.5 Å². The molecule has 0 saturated heterocycles. The number of hydrogen-bond donors (Lipinski definition) is 2. The minimum atomic E-state index is -0.240. The number of amides is 1. The summed E-state index contributed by atoms with van der Waals surface area (Å²) in [6, 6.07) is 5.04. The Balaban J connectivity index is 1.61. The molecule has 3 aliphatic rings. The van der Waals surface area contributed by atoms with E-state index in [2.05, 4.69) is 21.2 Å². The van der Waals surface area contributed by atoms with Crippen LogP contribution in [0.2, 0.25) is 0 Å². The first-order valence-corrected chi connectivity index (χ1v) is 8.69. The number of primary amides is 1. The molecule has 2 bridgehead atoms. The first-order valence-electron chi connectivity index (χ1n) is 7.89. The number of carbonyl (C=O) groups is 1. The van der Waals surface area contributed by atoms with E-state index in [0.29, 0.717) is 16.3 Å². The first-order chi connectivity index (χ1) is 10.4. The highest BCUT2D eigenvalue weighted by Crippen LogP contribution is 2.58. The molecule has 0 radical (unpaired) electrons. The summed E-state index contributed by atoms with van der Waals surface area (Å²) in [7, 11) is 0. The number of hydrogen-bond acceptors (Lipinski definition) is 2. The largest absolute Gasteiger partial charge is 0.384 e. The van der Waals surface area contributed by atoms with Gasteiger partial charge < -0.3 is 11.1 Å². The number of benzene rings is 1. The fraction of sp³-hybridized carbons (Fsp3) is 0.588. The molecule has 3 nitrogen and oxygen atoms in total. The second kappa shape index (κ2) is 5.84. The molecule has 22 heavy (non-hydrogen) atoms. The standard InChI is InChI=1S/C17H22BrFN2O/c18-13-9-12(1-2-14(13)19)21-11-17-6-3-16(4-7-17,5-8-17)10-15(20)22/h1-2,9,21H,3-8,10-11H2,(H2,20,22). The van der Waals surface area contributed by atoms with Crippen molar-refractivity contribution in [2.75, 3.05) is 11.9 Å². The fourth-order valence-corrected chi connectivity index (χ4v) is 4.52. The van der Waals surface area contributed by atoms with Crippen LogP contribution in [0.15, 0.2) is 22.7 Å². The van der Waals surface area contributed by atoms with E-state index in [-0.39, 0.29) is 17.1 Å². The van der Waals surface area contributed by atoms with Crippen molar-refractivity contribution < 1.29 is 9.18 Å². The smallest absolute Gasteiger partial charge is 0.217 e. The summed E-state index contributed by atoms with van der Waals surface area (Å²) in [6.07, 6.45) is 7.29. The van der Waals surface area contributed by atoms with Gasteiger partial charge in [-0.3, -0.25) is 4.79 Å². The summed E-state index contributed by atoms with van der Waals surface area (Å²) in [4.78, 5) is 11.3. The van der Waals surface area contributed by atoms with Crippen LogP contribution in [0.1, 0.15) is 44.9 Å². The SMILES string of the molecule is NC(=O)CC12CCC(CNc3ccc(F)c(Br)c3)(CC1)CC2. The van der Waals surface area contributed by atoms with Crippen molar-refractivity contribution in [1.82, 2.24) is 0 Å². The number of carbonyl (C=O) groups excluding carboxylic acids is 1. The average Bonchev–Trinajstić information content (AvgIpc) is 2.50. The third kappa shape index (κ3) is 3.14. The van der Waals surface area contributed by atoms with Gasteiger partial charge in [0, 0.05) is 18.7 Å². The minimum absolute atomic E-state index is 0.163. The molecular weight excluding hydrogens is 347 g/mol. The predicted molar refractivity (Wildman–Crippen MR) is 89.0 cm³/mol. The van der Waals surface area contributed by atoms with E-state index in [9.17, 15) is 9.18 Å². The van der Waals surface area contributed by atoms with E-state index < -0.39 is 0 Å². The highest BCUT2D eigenvalue weighted by molar-refractivity contribution is 9.10. The normalized spacial score (nSPS) is 30.3. The predicted octanol–water partition coefficient (Wildman–Crippen LogP) is 4.22. The van der Waals surface area contributed by atoms with E-state index in [4.69, 9.17) is 5.73 Å². The van der Waals surface area contributed by atoms with E-state index in [1.165, 1.54) is 6.07 Å². The molecule has 3 aliphatic carbocycles. The molecule has 1 amide bonds. The number of anilines is 1. The molecule has 1 aromatic carbocycles. The van der Waals surface area contributed by atoms with Crippen LogP contribution in [0.3, 0.4) is 0 Å². The molecule has 0 spiro atoms. The summed E-state index contributed by atoms with van der Waals surface area (Å²) in [5, 5.41) is 3.46. The van der Waals surface area contributed by atoms with Gasteiger partial charge in [-0.2, -0.15) is 0 Å². The second-order valence-electron chi connectivity index (χ2n) is 7.13. The Morgan fingerprint density at radius 3 is 2.32 bits per heavy atom. The number of nitrogens with two attached hydrogens (primary N) is 1. The van der Waals surface area contributed by atoms with E-state index in [1.807, 2.05) is 0 Å². The number of nitrogens with one attached hydrogen (secondary N) is 1. The molecule has 120 valence electrons. The monoisotopic (exact) mass is 368 g/mol. The van der Waals surface area contributed by atoms with Gasteiger partial charge in [0.2, 0.25) is 5.91 Å². The van der Waals surface area contributed by atoms with Crippen LogP contribution in [0.4, 0.5) is 10.1 Å². The molecule has 3 N–H and O–H groups in total. The van der Waals surface area contributed by atoms with Crippen molar-refractivity contribution in [1.29, 1.82) is 0 Å². The Morgan fingerprint density at radius 1 is 1.18 bits per heavy atom. The van der Waals surface area contributed by atoms with Crippen molar-refractivity contribution in [3.8, 4) is 0 Å². The molecule has 0 atom stereocenters. The van der Waals surface area contributed by atoms with Crippen LogP contribution >= 0.6 is 15.9 Å². The molecule has 3 fully saturated rings. The summed E-state index contributed by atoms with van der Waals surface area (Å²) in [5.74, 6) is -0.404. The zero-order valence-corrected chi connectivity index (χ0v) is 14.2. The lowest BCUT2D eigenvalue weighted by molar-refractivity contribution is -0.123. The first kappa shape index (κ1) is 15.8. The second-order valence-corrected chi connectivity index (χ2v) is 7.98. The van der Waals surface area contributed by atoms with Gasteiger partial charge in [-0.05, 0) is 83.5 Å². The third-order valence-corrected chi connectivity index (χ3v) is 6.30. The number of rotatable bonds is 5. The molecule has 1 aromatic rings. The average molecular weight is 369 g/mol. The van der Waals surface area contributed by atoms with Gasteiger partial charge in [-0.15, -0.1) is 0 Å². The molecule has 0 heterocycles. The van der Waals surface area contributed by atoms with E-state index >= 15 is 0 Å². The lowest BCUT2D eigenvalue weighted by atomic mass is 9.53. The molecule has 4 rings (SSSR count). The van der Waals surface area contributed by atoms with Crippen LogP contribution < -0.4 is 11.1 Å². The Bertz CT molecular complexity index is 565. The maximum atomic E-state index is 13.3. The lowest BCUT2D eigenvalue weighted by Gasteiger charge is -2.53. The highest BCUT2D eigenvalue weighted by Gasteiger charge is 2.48. The number of fused-ring (bicyclic) bond motifs is 3. The van der Waals surface area contributed by atoms with Crippen LogP contribution in [0, 0.1) is 16.6 Å². The highest BCUT2D eigenvalue weighted by atomic mass is 79.9. The molecule has 0 aliphatic heterocycles. The van der Waals surface area contributed by atoms with Gasteiger partial charge in [0.15, 0.2) is 0 Å². The van der Waals surface area contributed by atoms with E-state index in [0.717, 1.165) is 50.8 Å². The Morgan fingerprint density at radius 2 is 1.77 bits per heavy atom. The van der Waals surface area contributed by atoms with Gasteiger partial charge >= 0.3 is 0 Å². The van der Waals surface area contributed by atoms with Gasteiger partial charge in [0.1, 0.15) is 5.82 Å². The van der Waals surface area contributed by atoms with Crippen LogP contribution in [-0.4, -0.2) is 12.5 Å². The van der Waals surface area contributed by atoms with Crippen LogP contribution in [0.25, 0.3) is 0 Å². The zero-order valence-electron chi connectivity index (χ0n) is 12.6. The van der Waals surface area contributed by atoms with Gasteiger partial charge in [0.25, 0.3) is 0 Å². The maximum absolute atomic E-state index is 13.3. The Kier molecular flexibility index (Phi) is 4.19. The number of halogens is 2. The van der Waals surface area contributed by atoms with Crippen molar-refractivity contribution in [2.24, 2.45) is 16.6 Å². The summed E-state index contributed by atoms with van der Waals surface area (Å²) in [5.41, 5.74) is 6.85. The summed E-state index contributed by atoms with van der Waals surface area (Å²) in [6.45, 7) is 0.914. The zero-order chi connectivity index (χ0) is 15.8. The van der Waals surface area contributed by atoms with Crippen LogP contribution in [0.5, 0.6) is 0 Å². The summed E-state index contributed by atoms with van der Waals surface area (Å²) >= 11 is 3.22. The fourth-order valence-electron chi connectivity index (χ4n) is 4.14. The van der Waals surface area contributed by atoms with Crippen molar-refractivity contribution in [3.63, 3.8) is 0 Å². The van der Waals surface area contributed by atoms with Gasteiger partial charge in [-0.25, -0.2) is 4.39 Å². The minimum Gasteiger partial charge on any atom is -0.384 e. The quantitative estimate of drug-likeness (QED) is 0.817. The molecular formula is C17H22BrFN2O. The van der Waals surface area contributed by atoms with E-state index in [1.54, 1.807) is 12.1 Å². The topological polar surface area (TPSA) is 55.1 Å². The molecule has 0 aromatic heterocycles. The van der Waals surface area contributed by atoms with Crippen molar-refractivity contribution >= 4 is 27.5 Å². The Hall–Kier alpha value is -1.10. The van der Waals surface area contributed by atoms with Crippen molar-refractivity contribution in [2.45, 2.75) is 44.9 Å².